The number of hydrogen-bond donors (Lipinski definition) is 0. The molecular formula is C19H18N2O5. The number of anilines is 1. The van der Waals surface area contributed by atoms with Gasteiger partial charge in [0.2, 0.25) is 5.91 Å². The van der Waals surface area contributed by atoms with E-state index in [0.29, 0.717) is 17.7 Å². The number of amides is 1. The van der Waals surface area contributed by atoms with Crippen LogP contribution in [0.4, 0.5) is 11.4 Å². The first-order valence-electron chi connectivity index (χ1n) is 8.27. The molecular weight excluding hydrogens is 336 g/mol. The monoisotopic (exact) mass is 354 g/mol. The molecule has 7 nitrogen and oxygen atoms in total. The Kier molecular flexibility index (Phi) is 4.97. The Morgan fingerprint density at radius 3 is 2.65 bits per heavy atom. The van der Waals surface area contributed by atoms with Crippen LogP contribution < -0.4 is 4.90 Å². The second-order valence-corrected chi connectivity index (χ2v) is 6.10. The van der Waals surface area contributed by atoms with E-state index in [1.165, 1.54) is 23.1 Å². The molecule has 0 radical (unpaired) electrons. The molecule has 0 saturated heterocycles. The fourth-order valence-electron chi connectivity index (χ4n) is 3.00. The number of non-ortho nitro benzene ring substituents is 1. The van der Waals surface area contributed by atoms with Gasteiger partial charge in [-0.1, -0.05) is 30.3 Å². The van der Waals surface area contributed by atoms with Gasteiger partial charge in [0.1, 0.15) is 12.6 Å². The van der Waals surface area contributed by atoms with Gasteiger partial charge in [-0.25, -0.2) is 4.79 Å². The fraction of sp³-hybridized carbons (Fsp3) is 0.263. The molecule has 1 atom stereocenters. The minimum absolute atomic E-state index is 0.0302. The van der Waals surface area contributed by atoms with Gasteiger partial charge in [-0.3, -0.25) is 19.8 Å². The summed E-state index contributed by atoms with van der Waals surface area (Å²) in [6, 6.07) is 12.8. The predicted molar refractivity (Wildman–Crippen MR) is 94.6 cm³/mol. The maximum Gasteiger partial charge on any atom is 0.329 e. The molecule has 0 fully saturated rings. The average Bonchev–Trinajstić information content (AvgIpc) is 2.65. The third-order valence-electron chi connectivity index (χ3n) is 4.36. The van der Waals surface area contributed by atoms with E-state index in [4.69, 9.17) is 4.74 Å². The van der Waals surface area contributed by atoms with Crippen LogP contribution in [0.15, 0.2) is 48.5 Å². The second kappa shape index (κ2) is 7.35. The number of carbonyl (C=O) groups excluding carboxylic acids is 2. The first-order valence-corrected chi connectivity index (χ1v) is 8.27. The van der Waals surface area contributed by atoms with Gasteiger partial charge in [0.25, 0.3) is 5.69 Å². The summed E-state index contributed by atoms with van der Waals surface area (Å²) in [6.07, 6.45) is 0.614. The molecule has 0 N–H and O–H groups in total. The van der Waals surface area contributed by atoms with E-state index in [2.05, 4.69) is 0 Å². The lowest BCUT2D eigenvalue weighted by atomic mass is 9.99. The minimum Gasteiger partial charge on any atom is -0.459 e. The molecule has 0 aliphatic carbocycles. The normalized spacial score (nSPS) is 14.5. The summed E-state index contributed by atoms with van der Waals surface area (Å²) in [4.78, 5) is 36.6. The molecule has 1 amide bonds. The third kappa shape index (κ3) is 3.56. The van der Waals surface area contributed by atoms with Crippen LogP contribution in [0.3, 0.4) is 0 Å². The molecule has 7 heteroatoms. The highest BCUT2D eigenvalue weighted by Crippen LogP contribution is 2.32. The quantitative estimate of drug-likeness (QED) is 0.468. The Morgan fingerprint density at radius 2 is 1.96 bits per heavy atom. The van der Waals surface area contributed by atoms with Crippen LogP contribution in [0, 0.1) is 10.1 Å². The van der Waals surface area contributed by atoms with Gasteiger partial charge in [-0.15, -0.1) is 0 Å². The standard InChI is InChI=1S/C19H18N2O5/c1-13(19(23)26-12-14-5-3-2-4-6-14)20-17-9-8-16(21(24)25)11-15(17)7-10-18(20)22/h2-6,8-9,11,13H,7,10,12H2,1H3. The van der Waals surface area contributed by atoms with E-state index in [1.54, 1.807) is 6.92 Å². The van der Waals surface area contributed by atoms with Crippen molar-refractivity contribution in [3.05, 3.63) is 69.8 Å². The predicted octanol–water partition coefficient (Wildman–Crippen LogP) is 3.01. The highest BCUT2D eigenvalue weighted by molar-refractivity contribution is 6.01. The highest BCUT2D eigenvalue weighted by atomic mass is 16.6. The van der Waals surface area contributed by atoms with Crippen molar-refractivity contribution in [3.8, 4) is 0 Å². The van der Waals surface area contributed by atoms with E-state index < -0.39 is 16.9 Å². The van der Waals surface area contributed by atoms with Crippen LogP contribution in [-0.4, -0.2) is 22.8 Å². The van der Waals surface area contributed by atoms with E-state index in [9.17, 15) is 19.7 Å². The van der Waals surface area contributed by atoms with Crippen molar-refractivity contribution in [2.24, 2.45) is 0 Å². The maximum atomic E-state index is 12.4. The summed E-state index contributed by atoms with van der Waals surface area (Å²) in [6.45, 7) is 1.72. The van der Waals surface area contributed by atoms with E-state index in [1.807, 2.05) is 30.3 Å². The summed E-state index contributed by atoms with van der Waals surface area (Å²) in [5, 5.41) is 10.9. The molecule has 1 unspecified atom stereocenters. The van der Waals surface area contributed by atoms with Gasteiger partial charge < -0.3 is 4.74 Å². The summed E-state index contributed by atoms with van der Waals surface area (Å²) >= 11 is 0. The van der Waals surface area contributed by atoms with Crippen LogP contribution in [0.2, 0.25) is 0 Å². The topological polar surface area (TPSA) is 89.8 Å². The van der Waals surface area contributed by atoms with Crippen molar-refractivity contribution in [2.75, 3.05) is 4.90 Å². The first-order chi connectivity index (χ1) is 12.5. The molecule has 26 heavy (non-hydrogen) atoms. The number of carbonyl (C=O) groups is 2. The van der Waals surface area contributed by atoms with E-state index in [0.717, 1.165) is 5.56 Å². The zero-order valence-corrected chi connectivity index (χ0v) is 14.3. The maximum absolute atomic E-state index is 12.4. The van der Waals surface area contributed by atoms with Crippen molar-refractivity contribution in [3.63, 3.8) is 0 Å². The lowest BCUT2D eigenvalue weighted by molar-refractivity contribution is -0.384. The number of rotatable bonds is 5. The van der Waals surface area contributed by atoms with Gasteiger partial charge in [-0.2, -0.15) is 0 Å². The Bertz CT molecular complexity index is 850. The Morgan fingerprint density at radius 1 is 1.23 bits per heavy atom. The number of nitro benzene ring substituents is 1. The van der Waals surface area contributed by atoms with Crippen LogP contribution in [0.25, 0.3) is 0 Å². The molecule has 1 aliphatic rings. The smallest absolute Gasteiger partial charge is 0.329 e. The number of hydrogen-bond acceptors (Lipinski definition) is 5. The van der Waals surface area contributed by atoms with E-state index in [-0.39, 0.29) is 24.6 Å². The van der Waals surface area contributed by atoms with Gasteiger partial charge in [0, 0.05) is 24.2 Å². The number of nitro groups is 1. The summed E-state index contributed by atoms with van der Waals surface area (Å²) in [5.74, 6) is -0.719. The molecule has 1 heterocycles. The fourth-order valence-corrected chi connectivity index (χ4v) is 3.00. The second-order valence-electron chi connectivity index (χ2n) is 6.10. The van der Waals surface area contributed by atoms with Crippen molar-refractivity contribution >= 4 is 23.3 Å². The van der Waals surface area contributed by atoms with Crippen LogP contribution >= 0.6 is 0 Å². The molecule has 1 aliphatic heterocycles. The van der Waals surface area contributed by atoms with Gasteiger partial charge >= 0.3 is 5.97 Å². The minimum atomic E-state index is -0.813. The van der Waals surface area contributed by atoms with E-state index >= 15 is 0 Å². The Balaban J connectivity index is 1.78. The van der Waals surface area contributed by atoms with Crippen LogP contribution in [0.1, 0.15) is 24.5 Å². The Hall–Kier alpha value is -3.22. The molecule has 134 valence electrons. The lowest BCUT2D eigenvalue weighted by Gasteiger charge is -2.33. The zero-order chi connectivity index (χ0) is 18.7. The summed E-state index contributed by atoms with van der Waals surface area (Å²) in [7, 11) is 0. The molecule has 2 aromatic carbocycles. The number of fused-ring (bicyclic) bond motifs is 1. The number of ether oxygens (including phenoxy) is 1. The van der Waals surface area contributed by atoms with Crippen molar-refractivity contribution in [1.29, 1.82) is 0 Å². The number of aryl methyl sites for hydroxylation is 1. The number of nitrogens with zero attached hydrogens (tertiary/aromatic N) is 2. The molecule has 0 saturated carbocycles. The molecule has 0 spiro atoms. The van der Waals surface area contributed by atoms with Crippen LogP contribution in [0.5, 0.6) is 0 Å². The summed E-state index contributed by atoms with van der Waals surface area (Å²) in [5.41, 5.74) is 2.03. The summed E-state index contributed by atoms with van der Waals surface area (Å²) < 4.78 is 5.33. The third-order valence-corrected chi connectivity index (χ3v) is 4.36. The van der Waals surface area contributed by atoms with Gasteiger partial charge in [0.05, 0.1) is 4.92 Å². The molecule has 2 aromatic rings. The Labute approximate surface area is 150 Å². The van der Waals surface area contributed by atoms with Crippen LogP contribution in [-0.2, 0) is 27.4 Å². The molecule has 0 aromatic heterocycles. The number of esters is 1. The molecule has 3 rings (SSSR count). The SMILES string of the molecule is CC(C(=O)OCc1ccccc1)N1C(=O)CCc2cc([N+](=O)[O-])ccc21. The average molecular weight is 354 g/mol. The largest absolute Gasteiger partial charge is 0.459 e. The first kappa shape index (κ1) is 17.6. The zero-order valence-electron chi connectivity index (χ0n) is 14.3. The lowest BCUT2D eigenvalue weighted by Crippen LogP contribution is -2.46. The molecule has 0 bridgehead atoms. The van der Waals surface area contributed by atoms with Crippen molar-refractivity contribution in [2.45, 2.75) is 32.4 Å². The number of benzene rings is 2. The van der Waals surface area contributed by atoms with Gasteiger partial charge in [0.15, 0.2) is 0 Å². The van der Waals surface area contributed by atoms with Crippen molar-refractivity contribution in [1.82, 2.24) is 0 Å². The van der Waals surface area contributed by atoms with Crippen molar-refractivity contribution < 1.29 is 19.2 Å². The van der Waals surface area contributed by atoms with Gasteiger partial charge in [-0.05, 0) is 30.5 Å². The highest BCUT2D eigenvalue weighted by Gasteiger charge is 2.33.